The smallest absolute Gasteiger partial charge is 0.225 e. The Hall–Kier alpha value is -4.37. The number of carbonyl (C=O) groups excluding carboxylic acids is 1. The van der Waals surface area contributed by atoms with Crippen molar-refractivity contribution in [2.24, 2.45) is 11.8 Å². The third-order valence-electron chi connectivity index (χ3n) is 7.86. The van der Waals surface area contributed by atoms with Gasteiger partial charge in [-0.3, -0.25) is 4.79 Å². The first-order valence-corrected chi connectivity index (χ1v) is 13.0. The van der Waals surface area contributed by atoms with Crippen LogP contribution < -0.4 is 0 Å². The van der Waals surface area contributed by atoms with Crippen molar-refractivity contribution in [3.63, 3.8) is 0 Å². The van der Waals surface area contributed by atoms with Gasteiger partial charge >= 0.3 is 0 Å². The fraction of sp³-hybridized carbons (Fsp3) is 0.258. The van der Waals surface area contributed by atoms with Crippen LogP contribution in [0.1, 0.15) is 19.3 Å². The number of hydrogen-bond acceptors (Lipinski definition) is 2. The number of hydrogen-bond donors (Lipinski definition) is 1. The third kappa shape index (κ3) is 3.97. The molecule has 1 saturated carbocycles. The molecule has 0 radical (unpaired) electrons. The monoisotopic (exact) mass is 485 g/mol. The third-order valence-corrected chi connectivity index (χ3v) is 7.86. The van der Waals surface area contributed by atoms with E-state index in [4.69, 9.17) is 11.6 Å². The summed E-state index contributed by atoms with van der Waals surface area (Å²) in [4.78, 5) is 26.6. The summed E-state index contributed by atoms with van der Waals surface area (Å²) in [6.07, 6.45) is 5.06. The summed E-state index contributed by atoms with van der Waals surface area (Å²) in [6, 6.07) is 22.9. The topological polar surface area (TPSA) is 58.3 Å². The Labute approximate surface area is 215 Å². The maximum absolute atomic E-state index is 12.6. The Morgan fingerprint density at radius 3 is 2.59 bits per heavy atom. The van der Waals surface area contributed by atoms with E-state index in [2.05, 4.69) is 67.8 Å². The highest BCUT2D eigenvalue weighted by molar-refractivity contribution is 5.86. The van der Waals surface area contributed by atoms with E-state index in [1.54, 1.807) is 0 Å². The maximum atomic E-state index is 12.6. The van der Waals surface area contributed by atoms with Crippen LogP contribution in [0.25, 0.3) is 49.3 Å². The van der Waals surface area contributed by atoms with E-state index >= 15 is 0 Å². The van der Waals surface area contributed by atoms with Gasteiger partial charge in [-0.15, -0.1) is 0 Å². The number of fused-ring (bicyclic) bond motifs is 2. The Morgan fingerprint density at radius 1 is 0.973 bits per heavy atom. The zero-order valence-corrected chi connectivity index (χ0v) is 20.5. The van der Waals surface area contributed by atoms with Crippen LogP contribution in [0.15, 0.2) is 72.9 Å². The van der Waals surface area contributed by atoms with Gasteiger partial charge in [-0.2, -0.15) is 0 Å². The second-order valence-electron chi connectivity index (χ2n) is 10.4. The second kappa shape index (κ2) is 8.63. The lowest BCUT2D eigenvalue weighted by Gasteiger charge is -2.18. The molecule has 1 atom stereocenters. The van der Waals surface area contributed by atoms with Crippen LogP contribution in [0, 0.1) is 18.4 Å². The van der Waals surface area contributed by atoms with Gasteiger partial charge in [0.25, 0.3) is 0 Å². The summed E-state index contributed by atoms with van der Waals surface area (Å²) in [5.74, 6) is 1.89. The summed E-state index contributed by atoms with van der Waals surface area (Å²) in [6.45, 7) is 9.93. The van der Waals surface area contributed by atoms with Gasteiger partial charge in [0.1, 0.15) is 5.82 Å². The Morgan fingerprint density at radius 2 is 1.78 bits per heavy atom. The van der Waals surface area contributed by atoms with Gasteiger partial charge in [-0.1, -0.05) is 36.4 Å². The number of imidazole rings is 1. The molecule has 2 aliphatic rings. The lowest BCUT2D eigenvalue weighted by molar-refractivity contribution is -0.131. The average molecular weight is 486 g/mol. The number of likely N-dealkylation sites (tertiary alicyclic amines) is 1. The highest BCUT2D eigenvalue weighted by Gasteiger charge is 2.36. The lowest BCUT2D eigenvalue weighted by atomic mass is 10.0. The van der Waals surface area contributed by atoms with E-state index in [0.717, 1.165) is 72.4 Å². The van der Waals surface area contributed by atoms with Crippen LogP contribution in [0.5, 0.6) is 0 Å². The number of nitrogens with zero attached hydrogens (tertiary/aromatic N) is 4. The van der Waals surface area contributed by atoms with Gasteiger partial charge in [0.05, 0.1) is 17.6 Å². The van der Waals surface area contributed by atoms with Crippen LogP contribution in [0.2, 0.25) is 0 Å². The predicted octanol–water partition coefficient (Wildman–Crippen LogP) is 6.66. The van der Waals surface area contributed by atoms with E-state index < -0.39 is 0 Å². The van der Waals surface area contributed by atoms with Gasteiger partial charge in [-0.05, 0) is 72.0 Å². The highest BCUT2D eigenvalue weighted by atomic mass is 16.2. The van der Waals surface area contributed by atoms with Crippen molar-refractivity contribution in [1.29, 1.82) is 0 Å². The van der Waals surface area contributed by atoms with Gasteiger partial charge in [0.2, 0.25) is 5.91 Å². The minimum absolute atomic E-state index is 0.265. The van der Waals surface area contributed by atoms with Crippen molar-refractivity contribution in [1.82, 2.24) is 19.4 Å². The summed E-state index contributed by atoms with van der Waals surface area (Å²) >= 11 is 0. The Bertz CT molecular complexity index is 1680. The number of carbonyl (C=O) groups is 1. The van der Waals surface area contributed by atoms with Crippen molar-refractivity contribution < 1.29 is 4.79 Å². The van der Waals surface area contributed by atoms with Gasteiger partial charge < -0.3 is 14.5 Å². The number of amides is 1. The molecule has 0 unspecified atom stereocenters. The molecule has 5 aromatic rings. The zero-order valence-electron chi connectivity index (χ0n) is 20.5. The second-order valence-corrected chi connectivity index (χ2v) is 10.4. The molecule has 7 rings (SSSR count). The average Bonchev–Trinajstić information content (AvgIpc) is 3.33. The molecule has 3 heterocycles. The molecule has 2 fully saturated rings. The normalized spacial score (nSPS) is 17.5. The fourth-order valence-corrected chi connectivity index (χ4v) is 5.66. The molecule has 6 heteroatoms. The van der Waals surface area contributed by atoms with E-state index in [1.165, 1.54) is 10.9 Å². The molecule has 1 N–H and O–H groups in total. The quantitative estimate of drug-likeness (QED) is 0.283. The fourth-order valence-electron chi connectivity index (χ4n) is 5.66. The molecular formula is C31H27N5O. The van der Waals surface area contributed by atoms with Gasteiger partial charge in [0, 0.05) is 42.8 Å². The van der Waals surface area contributed by atoms with Crippen LogP contribution >= 0.6 is 0 Å². The van der Waals surface area contributed by atoms with Crippen molar-refractivity contribution in [2.75, 3.05) is 13.1 Å². The number of rotatable bonds is 5. The molecular weight excluding hydrogens is 458 g/mol. The summed E-state index contributed by atoms with van der Waals surface area (Å²) in [5.41, 5.74) is 7.03. The first kappa shape index (κ1) is 21.9. The largest absolute Gasteiger partial charge is 0.361 e. The molecule has 1 aliphatic heterocycles. The molecule has 182 valence electrons. The van der Waals surface area contributed by atoms with E-state index in [9.17, 15) is 4.79 Å². The number of aromatic amines is 1. The van der Waals surface area contributed by atoms with Crippen molar-refractivity contribution in [3.05, 3.63) is 84.3 Å². The van der Waals surface area contributed by atoms with Crippen LogP contribution in [0.3, 0.4) is 0 Å². The molecule has 0 bridgehead atoms. The van der Waals surface area contributed by atoms with E-state index in [0.29, 0.717) is 17.5 Å². The van der Waals surface area contributed by atoms with Crippen LogP contribution in [-0.2, 0) is 11.3 Å². The van der Waals surface area contributed by atoms with Crippen LogP contribution in [0.4, 0.5) is 5.69 Å². The maximum Gasteiger partial charge on any atom is 0.225 e. The first-order valence-electron chi connectivity index (χ1n) is 13.0. The van der Waals surface area contributed by atoms with Crippen molar-refractivity contribution in [3.8, 4) is 22.5 Å². The van der Waals surface area contributed by atoms with Gasteiger partial charge in [0.15, 0.2) is 5.69 Å². The number of nitrogens with one attached hydrogen (secondary N) is 1. The molecule has 1 aliphatic carbocycles. The summed E-state index contributed by atoms with van der Waals surface area (Å²) in [7, 11) is 0. The molecule has 3 aromatic carbocycles. The zero-order chi connectivity index (χ0) is 24.9. The summed E-state index contributed by atoms with van der Waals surface area (Å²) < 4.78 is 2.26. The highest BCUT2D eigenvalue weighted by Crippen LogP contribution is 2.35. The van der Waals surface area contributed by atoms with Crippen molar-refractivity contribution >= 4 is 33.5 Å². The summed E-state index contributed by atoms with van der Waals surface area (Å²) in [5, 5.41) is 1.20. The molecule has 6 nitrogen and oxygen atoms in total. The van der Waals surface area contributed by atoms with Gasteiger partial charge in [-0.25, -0.2) is 9.83 Å². The Kier molecular flexibility index (Phi) is 5.10. The lowest BCUT2D eigenvalue weighted by Crippen LogP contribution is -2.30. The Balaban J connectivity index is 1.23. The molecule has 1 amide bonds. The molecule has 37 heavy (non-hydrogen) atoms. The molecule has 2 aromatic heterocycles. The van der Waals surface area contributed by atoms with E-state index in [-0.39, 0.29) is 5.92 Å². The minimum atomic E-state index is 0.265. The SMILES string of the molecule is [C-]#[N+]c1ccc2nc(-c3ccc(-c4ccc5[nH]ccc5c4)cc3)n(C[C@@H]3CCN(C(=O)C4CC4)C3)c2c1. The first-order chi connectivity index (χ1) is 18.2. The number of aromatic nitrogens is 3. The van der Waals surface area contributed by atoms with Crippen LogP contribution in [-0.4, -0.2) is 38.4 Å². The van der Waals surface area contributed by atoms with E-state index in [1.807, 2.05) is 24.4 Å². The predicted molar refractivity (Wildman–Crippen MR) is 146 cm³/mol. The van der Waals surface area contributed by atoms with Crippen molar-refractivity contribution in [2.45, 2.75) is 25.8 Å². The molecule has 1 saturated heterocycles. The number of H-pyrrole nitrogens is 1. The molecule has 0 spiro atoms. The standard InChI is InChI=1S/C31H27N5O/c1-32-26-9-11-28-29(17-26)36(19-20-13-15-35(18-20)31(37)23-6-7-23)30(34-28)22-4-2-21(3-5-22)24-8-10-27-25(16-24)12-14-33-27/h2-5,8-12,14,16-17,20,23,33H,6-7,13,15,18-19H2/t20-/m1/s1. The minimum Gasteiger partial charge on any atom is -0.361 e. The number of benzene rings is 3.